The molecule has 10 heteroatoms. The number of pyridine rings is 1. The van der Waals surface area contributed by atoms with E-state index in [1.807, 2.05) is 91.0 Å². The van der Waals surface area contributed by atoms with Gasteiger partial charge >= 0.3 is 5.97 Å². The van der Waals surface area contributed by atoms with Crippen LogP contribution in [0.3, 0.4) is 0 Å². The van der Waals surface area contributed by atoms with Crippen molar-refractivity contribution >= 4 is 35.1 Å². The highest BCUT2D eigenvalue weighted by atomic mass is 35.5. The number of aliphatic carboxylic acids is 1. The fourth-order valence-corrected chi connectivity index (χ4v) is 5.43. The molecule has 0 bridgehead atoms. The summed E-state index contributed by atoms with van der Waals surface area (Å²) in [6, 6.07) is 37.9. The molecule has 1 aromatic heterocycles. The van der Waals surface area contributed by atoms with Crippen LogP contribution in [0.2, 0.25) is 5.02 Å². The lowest BCUT2D eigenvalue weighted by atomic mass is 9.99. The molecule has 0 fully saturated rings. The second-order valence-corrected chi connectivity index (χ2v) is 11.9. The van der Waals surface area contributed by atoms with Gasteiger partial charge in [0.25, 0.3) is 11.8 Å². The van der Waals surface area contributed by atoms with Gasteiger partial charge in [-0.3, -0.25) is 14.6 Å². The Morgan fingerprint density at radius 1 is 0.725 bits per heavy atom. The third-order valence-electron chi connectivity index (χ3n) is 7.91. The molecule has 5 aromatic carbocycles. The van der Waals surface area contributed by atoms with Gasteiger partial charge in [0.2, 0.25) is 0 Å². The molecule has 6 rings (SSSR count). The third-order valence-corrected chi connectivity index (χ3v) is 8.15. The van der Waals surface area contributed by atoms with Crippen LogP contribution in [0, 0.1) is 0 Å². The fourth-order valence-electron chi connectivity index (χ4n) is 5.26. The summed E-state index contributed by atoms with van der Waals surface area (Å²) >= 11 is 6.22. The van der Waals surface area contributed by atoms with E-state index in [1.165, 1.54) is 18.2 Å². The molecule has 3 N–H and O–H groups in total. The average Bonchev–Trinajstić information content (AvgIpc) is 3.16. The Morgan fingerprint density at radius 2 is 1.43 bits per heavy atom. The maximum absolute atomic E-state index is 13.5. The van der Waals surface area contributed by atoms with Crippen molar-refractivity contribution in [2.75, 3.05) is 5.32 Å². The van der Waals surface area contributed by atoms with Gasteiger partial charge < -0.3 is 25.2 Å². The smallest absolute Gasteiger partial charge is 0.326 e. The van der Waals surface area contributed by atoms with Crippen molar-refractivity contribution in [2.45, 2.75) is 19.1 Å². The van der Waals surface area contributed by atoms with Crippen LogP contribution in [0.15, 0.2) is 146 Å². The van der Waals surface area contributed by atoms with Gasteiger partial charge in [0.15, 0.2) is 0 Å². The topological polar surface area (TPSA) is 127 Å². The number of carbonyl (C=O) groups is 3. The van der Waals surface area contributed by atoms with Gasteiger partial charge in [-0.05, 0) is 89.5 Å². The number of halogens is 1. The van der Waals surface area contributed by atoms with E-state index >= 15 is 0 Å². The van der Waals surface area contributed by atoms with E-state index in [0.29, 0.717) is 35.0 Å². The maximum Gasteiger partial charge on any atom is 0.326 e. The molecule has 0 aliphatic rings. The molecule has 0 aliphatic heterocycles. The van der Waals surface area contributed by atoms with Gasteiger partial charge in [0.1, 0.15) is 29.9 Å². The minimum Gasteiger partial charge on any atom is -0.489 e. The van der Waals surface area contributed by atoms with Gasteiger partial charge in [-0.1, -0.05) is 72.3 Å². The molecule has 51 heavy (non-hydrogen) atoms. The molecule has 2 amide bonds. The first-order valence-corrected chi connectivity index (χ1v) is 16.4. The van der Waals surface area contributed by atoms with Crippen molar-refractivity contribution in [3.8, 4) is 28.4 Å². The molecule has 1 unspecified atom stereocenters. The van der Waals surface area contributed by atoms with E-state index in [2.05, 4.69) is 15.6 Å². The lowest BCUT2D eigenvalue weighted by molar-refractivity contribution is -0.139. The molecular weight excluding hydrogens is 666 g/mol. The number of carbonyl (C=O) groups excluding carboxylic acids is 2. The van der Waals surface area contributed by atoms with Crippen molar-refractivity contribution in [3.05, 3.63) is 173 Å². The molecule has 254 valence electrons. The van der Waals surface area contributed by atoms with Crippen LogP contribution in [-0.4, -0.2) is 33.9 Å². The molecule has 9 nitrogen and oxygen atoms in total. The fraction of sp³-hybridized carbons (Fsp3) is 0.0732. The summed E-state index contributed by atoms with van der Waals surface area (Å²) in [5.74, 6) is -0.429. The number of anilines is 1. The Bertz CT molecular complexity index is 2130. The quantitative estimate of drug-likeness (QED) is 0.111. The predicted molar refractivity (Wildman–Crippen MR) is 195 cm³/mol. The average molecular weight is 698 g/mol. The second-order valence-electron chi connectivity index (χ2n) is 11.5. The van der Waals surface area contributed by atoms with Crippen LogP contribution in [0.25, 0.3) is 11.1 Å². The number of amides is 2. The first-order valence-electron chi connectivity index (χ1n) is 16.0. The highest BCUT2D eigenvalue weighted by Crippen LogP contribution is 2.33. The number of carboxylic acid groups (broad SMARTS) is 1. The lowest BCUT2D eigenvalue weighted by Gasteiger charge is -2.17. The van der Waals surface area contributed by atoms with Crippen molar-refractivity contribution in [1.82, 2.24) is 10.3 Å². The Hall–Kier alpha value is -6.45. The van der Waals surface area contributed by atoms with Gasteiger partial charge in [0, 0.05) is 35.0 Å². The zero-order chi connectivity index (χ0) is 35.6. The van der Waals surface area contributed by atoms with Crippen LogP contribution >= 0.6 is 11.6 Å². The molecule has 1 heterocycles. The number of ether oxygens (including phenoxy) is 2. The predicted octanol–water partition coefficient (Wildman–Crippen LogP) is 8.45. The van der Waals surface area contributed by atoms with Crippen LogP contribution in [-0.2, 0) is 17.8 Å². The number of benzene rings is 5. The van der Waals surface area contributed by atoms with Crippen molar-refractivity contribution in [1.29, 1.82) is 0 Å². The van der Waals surface area contributed by atoms with Crippen molar-refractivity contribution in [2.24, 2.45) is 0 Å². The zero-order valence-electron chi connectivity index (χ0n) is 27.2. The van der Waals surface area contributed by atoms with E-state index in [9.17, 15) is 19.5 Å². The van der Waals surface area contributed by atoms with Crippen LogP contribution in [0.5, 0.6) is 17.2 Å². The Labute approximate surface area is 299 Å². The number of hydrogen-bond acceptors (Lipinski definition) is 6. The summed E-state index contributed by atoms with van der Waals surface area (Å²) in [7, 11) is 0. The number of hydrogen-bond donors (Lipinski definition) is 3. The van der Waals surface area contributed by atoms with Crippen molar-refractivity contribution < 1.29 is 29.0 Å². The standard InChI is InChI=1S/C41H32ClN3O6/c42-31-16-19-36(44-39(46)30-14-17-32(18-15-30)50-26-28-20-22-43-23-21-28)35(25-31)40(47)45-37(41(48)49)24-27-10-12-29(13-11-27)34-8-4-5-9-38(34)51-33-6-2-1-3-7-33/h1-23,25,37H,24,26H2,(H,44,46)(H,45,47)(H,48,49). The summed E-state index contributed by atoms with van der Waals surface area (Å²) in [5.41, 5.74) is 3.92. The molecule has 6 aromatic rings. The van der Waals surface area contributed by atoms with E-state index in [4.69, 9.17) is 21.1 Å². The molecular formula is C41H32ClN3O6. The van der Waals surface area contributed by atoms with Gasteiger partial charge in [-0.25, -0.2) is 4.79 Å². The summed E-state index contributed by atoms with van der Waals surface area (Å²) in [4.78, 5) is 42.9. The lowest BCUT2D eigenvalue weighted by Crippen LogP contribution is -2.42. The van der Waals surface area contributed by atoms with Gasteiger partial charge in [-0.15, -0.1) is 0 Å². The van der Waals surface area contributed by atoms with E-state index < -0.39 is 23.8 Å². The van der Waals surface area contributed by atoms with Crippen LogP contribution in [0.1, 0.15) is 31.8 Å². The Balaban J connectivity index is 1.11. The minimum absolute atomic E-state index is 0.0152. The highest BCUT2D eigenvalue weighted by molar-refractivity contribution is 6.31. The van der Waals surface area contributed by atoms with Crippen molar-refractivity contribution in [3.63, 3.8) is 0 Å². The second kappa shape index (κ2) is 16.3. The first-order chi connectivity index (χ1) is 24.8. The van der Waals surface area contributed by atoms with Crippen LogP contribution < -0.4 is 20.1 Å². The van der Waals surface area contributed by atoms with E-state index in [1.54, 1.807) is 36.7 Å². The summed E-state index contributed by atoms with van der Waals surface area (Å²) in [6.07, 6.45) is 3.38. The number of rotatable bonds is 13. The molecule has 1 atom stereocenters. The van der Waals surface area contributed by atoms with Gasteiger partial charge in [0.05, 0.1) is 11.3 Å². The number of nitrogens with one attached hydrogen (secondary N) is 2. The molecule has 0 radical (unpaired) electrons. The Kier molecular flexibility index (Phi) is 11.0. The van der Waals surface area contributed by atoms with Gasteiger partial charge in [-0.2, -0.15) is 0 Å². The molecule has 0 aliphatic carbocycles. The summed E-state index contributed by atoms with van der Waals surface area (Å²) < 4.78 is 11.9. The molecule has 0 saturated carbocycles. The normalized spacial score (nSPS) is 11.2. The summed E-state index contributed by atoms with van der Waals surface area (Å²) in [5, 5.41) is 15.6. The number of carboxylic acids is 1. The van der Waals surface area contributed by atoms with Crippen LogP contribution in [0.4, 0.5) is 5.69 Å². The first kappa shape index (κ1) is 34.4. The monoisotopic (exact) mass is 697 g/mol. The zero-order valence-corrected chi connectivity index (χ0v) is 27.9. The minimum atomic E-state index is -1.26. The molecule has 0 saturated heterocycles. The largest absolute Gasteiger partial charge is 0.489 e. The summed E-state index contributed by atoms with van der Waals surface area (Å²) in [6.45, 7) is 0.346. The number of nitrogens with zero attached hydrogens (tertiary/aromatic N) is 1. The number of aromatic nitrogens is 1. The maximum atomic E-state index is 13.5. The molecule has 0 spiro atoms. The van der Waals surface area contributed by atoms with E-state index in [-0.39, 0.29) is 22.7 Å². The van der Waals surface area contributed by atoms with E-state index in [0.717, 1.165) is 16.7 Å². The highest BCUT2D eigenvalue weighted by Gasteiger charge is 2.24. The SMILES string of the molecule is O=C(Nc1ccc(Cl)cc1C(=O)NC(Cc1ccc(-c2ccccc2Oc2ccccc2)cc1)C(=O)O)c1ccc(OCc2ccncc2)cc1. The third kappa shape index (κ3) is 9.17. The number of para-hydroxylation sites is 2. The Morgan fingerprint density at radius 3 is 2.16 bits per heavy atom.